The van der Waals surface area contributed by atoms with Gasteiger partial charge in [0.2, 0.25) is 0 Å². The van der Waals surface area contributed by atoms with Gasteiger partial charge >= 0.3 is 0 Å². The van der Waals surface area contributed by atoms with Gasteiger partial charge in [0.15, 0.2) is 0 Å². The maximum absolute atomic E-state index is 13.0. The Hall–Kier alpha value is -1.68. The van der Waals surface area contributed by atoms with Crippen molar-refractivity contribution in [2.45, 2.75) is 26.9 Å². The van der Waals surface area contributed by atoms with Crippen molar-refractivity contribution < 1.29 is 4.39 Å². The second-order valence-electron chi connectivity index (χ2n) is 4.55. The van der Waals surface area contributed by atoms with E-state index in [9.17, 15) is 4.39 Å². The first kappa shape index (κ1) is 12.8. The van der Waals surface area contributed by atoms with E-state index in [-0.39, 0.29) is 5.82 Å². The quantitative estimate of drug-likeness (QED) is 0.899. The van der Waals surface area contributed by atoms with Crippen molar-refractivity contribution in [2.75, 3.05) is 0 Å². The van der Waals surface area contributed by atoms with Gasteiger partial charge < -0.3 is 5.32 Å². The molecule has 1 N–H and O–H groups in total. The molecule has 0 spiro atoms. The number of benzene rings is 1. The number of halogens is 1. The summed E-state index contributed by atoms with van der Waals surface area (Å²) >= 11 is 0. The molecule has 0 amide bonds. The molecule has 2 rings (SSSR count). The SMILES string of the molecule is Cc1cc(F)ccc1CNCc1cnn(C)c1C. The molecule has 0 aliphatic carbocycles. The van der Waals surface area contributed by atoms with Crippen LogP contribution in [0.1, 0.15) is 22.4 Å². The topological polar surface area (TPSA) is 29.9 Å². The van der Waals surface area contributed by atoms with Crippen LogP contribution in [0.5, 0.6) is 0 Å². The Kier molecular flexibility index (Phi) is 3.77. The summed E-state index contributed by atoms with van der Waals surface area (Å²) in [6, 6.07) is 4.89. The Morgan fingerprint density at radius 2 is 1.94 bits per heavy atom. The first-order chi connectivity index (χ1) is 8.58. The van der Waals surface area contributed by atoms with Gasteiger partial charge in [-0.15, -0.1) is 0 Å². The van der Waals surface area contributed by atoms with E-state index in [0.717, 1.165) is 24.2 Å². The highest BCUT2D eigenvalue weighted by Crippen LogP contribution is 2.10. The van der Waals surface area contributed by atoms with E-state index in [2.05, 4.69) is 10.4 Å². The molecule has 18 heavy (non-hydrogen) atoms. The van der Waals surface area contributed by atoms with Gasteiger partial charge in [0.25, 0.3) is 0 Å². The van der Waals surface area contributed by atoms with E-state index in [0.29, 0.717) is 0 Å². The largest absolute Gasteiger partial charge is 0.308 e. The Morgan fingerprint density at radius 3 is 2.56 bits per heavy atom. The maximum Gasteiger partial charge on any atom is 0.123 e. The third kappa shape index (κ3) is 2.76. The van der Waals surface area contributed by atoms with Gasteiger partial charge in [-0.2, -0.15) is 5.10 Å². The zero-order chi connectivity index (χ0) is 13.1. The second kappa shape index (κ2) is 5.31. The zero-order valence-electron chi connectivity index (χ0n) is 11.0. The van der Waals surface area contributed by atoms with Crippen molar-refractivity contribution in [1.29, 1.82) is 0 Å². The molecule has 0 radical (unpaired) electrons. The van der Waals surface area contributed by atoms with Gasteiger partial charge in [0.05, 0.1) is 6.20 Å². The Labute approximate surface area is 107 Å². The van der Waals surface area contributed by atoms with Crippen molar-refractivity contribution in [2.24, 2.45) is 7.05 Å². The van der Waals surface area contributed by atoms with Crippen molar-refractivity contribution in [1.82, 2.24) is 15.1 Å². The highest BCUT2D eigenvalue weighted by atomic mass is 19.1. The molecule has 1 aromatic carbocycles. The maximum atomic E-state index is 13.0. The lowest BCUT2D eigenvalue weighted by Gasteiger charge is -2.07. The van der Waals surface area contributed by atoms with Gasteiger partial charge in [-0.3, -0.25) is 4.68 Å². The summed E-state index contributed by atoms with van der Waals surface area (Å²) < 4.78 is 14.8. The predicted molar refractivity (Wildman–Crippen MR) is 69.6 cm³/mol. The predicted octanol–water partition coefficient (Wildman–Crippen LogP) is 2.47. The standard InChI is InChI=1S/C14H18FN3/c1-10-6-14(15)5-4-12(10)7-16-8-13-9-17-18(3)11(13)2/h4-6,9,16H,7-8H2,1-3H3. The van der Waals surface area contributed by atoms with E-state index in [1.165, 1.54) is 17.3 Å². The molecule has 0 fully saturated rings. The summed E-state index contributed by atoms with van der Waals surface area (Å²) in [5, 5.41) is 7.55. The Bertz CT molecular complexity index is 546. The lowest BCUT2D eigenvalue weighted by molar-refractivity contribution is 0.622. The van der Waals surface area contributed by atoms with Crippen LogP contribution < -0.4 is 5.32 Å². The summed E-state index contributed by atoms with van der Waals surface area (Å²) in [6.07, 6.45) is 1.87. The number of nitrogens with zero attached hydrogens (tertiary/aromatic N) is 2. The first-order valence-electron chi connectivity index (χ1n) is 6.01. The minimum Gasteiger partial charge on any atom is -0.308 e. The average molecular weight is 247 g/mol. The molecule has 0 saturated carbocycles. The minimum atomic E-state index is -0.181. The molecule has 0 atom stereocenters. The molecule has 3 nitrogen and oxygen atoms in total. The van der Waals surface area contributed by atoms with Crippen LogP contribution in [0.25, 0.3) is 0 Å². The molecule has 96 valence electrons. The molecule has 1 heterocycles. The van der Waals surface area contributed by atoms with Gasteiger partial charge in [0, 0.05) is 31.4 Å². The minimum absolute atomic E-state index is 0.181. The third-order valence-corrected chi connectivity index (χ3v) is 3.27. The average Bonchev–Trinajstić information content (AvgIpc) is 2.64. The van der Waals surface area contributed by atoms with Crippen LogP contribution in [-0.2, 0) is 20.1 Å². The number of nitrogens with one attached hydrogen (secondary N) is 1. The smallest absolute Gasteiger partial charge is 0.123 e. The van der Waals surface area contributed by atoms with E-state index < -0.39 is 0 Å². The van der Waals surface area contributed by atoms with Crippen molar-refractivity contribution in [3.63, 3.8) is 0 Å². The number of aromatic nitrogens is 2. The van der Waals surface area contributed by atoms with Crippen LogP contribution in [0.4, 0.5) is 4.39 Å². The summed E-state index contributed by atoms with van der Waals surface area (Å²) in [4.78, 5) is 0. The van der Waals surface area contributed by atoms with E-state index in [4.69, 9.17) is 0 Å². The lowest BCUT2D eigenvalue weighted by Crippen LogP contribution is -2.14. The lowest BCUT2D eigenvalue weighted by atomic mass is 10.1. The monoisotopic (exact) mass is 247 g/mol. The molecule has 2 aromatic rings. The van der Waals surface area contributed by atoms with Crippen LogP contribution in [0.15, 0.2) is 24.4 Å². The molecule has 0 saturated heterocycles. The van der Waals surface area contributed by atoms with Crippen LogP contribution in [-0.4, -0.2) is 9.78 Å². The molecular weight excluding hydrogens is 229 g/mol. The summed E-state index contributed by atoms with van der Waals surface area (Å²) in [6.45, 7) is 5.49. The van der Waals surface area contributed by atoms with E-state index in [1.54, 1.807) is 6.07 Å². The van der Waals surface area contributed by atoms with Crippen LogP contribution in [0, 0.1) is 19.7 Å². The fourth-order valence-corrected chi connectivity index (χ4v) is 1.91. The molecule has 0 aliphatic heterocycles. The first-order valence-corrected chi connectivity index (χ1v) is 6.01. The highest BCUT2D eigenvalue weighted by Gasteiger charge is 2.04. The van der Waals surface area contributed by atoms with Crippen LogP contribution >= 0.6 is 0 Å². The van der Waals surface area contributed by atoms with Crippen LogP contribution in [0.2, 0.25) is 0 Å². The van der Waals surface area contributed by atoms with Crippen molar-refractivity contribution in [3.8, 4) is 0 Å². The number of hydrogen-bond acceptors (Lipinski definition) is 2. The summed E-state index contributed by atoms with van der Waals surface area (Å²) in [5.74, 6) is -0.181. The Balaban J connectivity index is 1.94. The van der Waals surface area contributed by atoms with Gasteiger partial charge in [0.1, 0.15) is 5.82 Å². The van der Waals surface area contributed by atoms with Crippen molar-refractivity contribution >= 4 is 0 Å². The summed E-state index contributed by atoms with van der Waals surface area (Å²) in [7, 11) is 1.93. The van der Waals surface area contributed by atoms with Crippen molar-refractivity contribution in [3.05, 3.63) is 52.6 Å². The third-order valence-electron chi connectivity index (χ3n) is 3.27. The molecular formula is C14H18FN3. The molecule has 0 bridgehead atoms. The van der Waals surface area contributed by atoms with E-state index in [1.807, 2.05) is 37.8 Å². The normalized spacial score (nSPS) is 10.9. The number of aryl methyl sites for hydroxylation is 2. The van der Waals surface area contributed by atoms with E-state index >= 15 is 0 Å². The number of rotatable bonds is 4. The molecule has 4 heteroatoms. The van der Waals surface area contributed by atoms with Gasteiger partial charge in [-0.1, -0.05) is 6.07 Å². The highest BCUT2D eigenvalue weighted by molar-refractivity contribution is 5.26. The summed E-state index contributed by atoms with van der Waals surface area (Å²) in [5.41, 5.74) is 4.46. The second-order valence-corrected chi connectivity index (χ2v) is 4.55. The zero-order valence-corrected chi connectivity index (χ0v) is 11.0. The molecule has 1 aromatic heterocycles. The molecule has 0 unspecified atom stereocenters. The number of hydrogen-bond donors (Lipinski definition) is 1. The fraction of sp³-hybridized carbons (Fsp3) is 0.357. The van der Waals surface area contributed by atoms with Crippen LogP contribution in [0.3, 0.4) is 0 Å². The van der Waals surface area contributed by atoms with Gasteiger partial charge in [-0.05, 0) is 37.1 Å². The fourth-order valence-electron chi connectivity index (χ4n) is 1.91. The Morgan fingerprint density at radius 1 is 1.22 bits per heavy atom. The molecule has 0 aliphatic rings. The van der Waals surface area contributed by atoms with Gasteiger partial charge in [-0.25, -0.2) is 4.39 Å².